The molecule has 1 N–H and O–H groups in total. The Labute approximate surface area is 130 Å². The van der Waals surface area contributed by atoms with E-state index in [2.05, 4.69) is 21.2 Å². The molecule has 6 heteroatoms. The summed E-state index contributed by atoms with van der Waals surface area (Å²) in [6, 6.07) is 5.55. The summed E-state index contributed by atoms with van der Waals surface area (Å²) in [6.45, 7) is 1.94. The van der Waals surface area contributed by atoms with Crippen molar-refractivity contribution in [2.75, 3.05) is 5.32 Å². The zero-order valence-electron chi connectivity index (χ0n) is 11.6. The highest BCUT2D eigenvalue weighted by molar-refractivity contribution is 9.10. The monoisotopic (exact) mass is 363 g/mol. The number of hydrogen-bond donors (Lipinski definition) is 1. The molecule has 0 bridgehead atoms. The van der Waals surface area contributed by atoms with Gasteiger partial charge in [0.05, 0.1) is 11.6 Å². The van der Waals surface area contributed by atoms with Crippen LogP contribution in [0.2, 0.25) is 0 Å². The summed E-state index contributed by atoms with van der Waals surface area (Å²) in [6.07, 6.45) is -3.48. The quantitative estimate of drug-likeness (QED) is 0.781. The lowest BCUT2D eigenvalue weighted by Crippen LogP contribution is -2.32. The fourth-order valence-corrected chi connectivity index (χ4v) is 3.23. The molecule has 0 unspecified atom stereocenters. The molecule has 2 rings (SSSR count). The standard InChI is InChI=1S/C15H17BrF3NO/c1-9-2-7-13(12(16)8-9)20-14(21)10-3-5-11(6-4-10)15(17,18)19/h2,7-8,10-11H,3-6H2,1H3,(H,20,21). The van der Waals surface area contributed by atoms with E-state index in [0.29, 0.717) is 18.5 Å². The van der Waals surface area contributed by atoms with E-state index >= 15 is 0 Å². The molecule has 1 aromatic carbocycles. The van der Waals surface area contributed by atoms with Gasteiger partial charge < -0.3 is 5.32 Å². The van der Waals surface area contributed by atoms with Crippen LogP contribution in [0.5, 0.6) is 0 Å². The second-order valence-corrected chi connectivity index (χ2v) is 6.42. The van der Waals surface area contributed by atoms with Crippen molar-refractivity contribution in [2.45, 2.75) is 38.8 Å². The minimum Gasteiger partial charge on any atom is -0.325 e. The molecular formula is C15H17BrF3NO. The van der Waals surface area contributed by atoms with Crippen LogP contribution >= 0.6 is 15.9 Å². The zero-order valence-corrected chi connectivity index (χ0v) is 13.2. The molecule has 0 heterocycles. The van der Waals surface area contributed by atoms with Crippen LogP contribution in [0, 0.1) is 18.8 Å². The molecule has 1 aromatic rings. The lowest BCUT2D eigenvalue weighted by Gasteiger charge is -2.29. The molecule has 116 valence electrons. The van der Waals surface area contributed by atoms with Crippen LogP contribution in [0.15, 0.2) is 22.7 Å². The van der Waals surface area contributed by atoms with Crippen LogP contribution in [-0.2, 0) is 4.79 Å². The summed E-state index contributed by atoms with van der Waals surface area (Å²) in [5.41, 5.74) is 1.72. The summed E-state index contributed by atoms with van der Waals surface area (Å²) >= 11 is 3.37. The van der Waals surface area contributed by atoms with E-state index < -0.39 is 12.1 Å². The van der Waals surface area contributed by atoms with E-state index in [-0.39, 0.29) is 24.7 Å². The van der Waals surface area contributed by atoms with Gasteiger partial charge in [-0.1, -0.05) is 6.07 Å². The summed E-state index contributed by atoms with van der Waals surface area (Å²) < 4.78 is 38.6. The smallest absolute Gasteiger partial charge is 0.325 e. The van der Waals surface area contributed by atoms with Gasteiger partial charge in [0, 0.05) is 10.4 Å². The van der Waals surface area contributed by atoms with E-state index in [1.165, 1.54) is 0 Å². The molecule has 0 saturated heterocycles. The number of carbonyl (C=O) groups excluding carboxylic acids is 1. The topological polar surface area (TPSA) is 29.1 Å². The van der Waals surface area contributed by atoms with Gasteiger partial charge in [-0.25, -0.2) is 0 Å². The second kappa shape index (κ2) is 6.38. The summed E-state index contributed by atoms with van der Waals surface area (Å²) in [5.74, 6) is -1.79. The first-order valence-corrected chi connectivity index (χ1v) is 7.70. The van der Waals surface area contributed by atoms with E-state index in [4.69, 9.17) is 0 Å². The van der Waals surface area contributed by atoms with Crippen LogP contribution in [0.3, 0.4) is 0 Å². The Kier molecular flexibility index (Phi) is 4.96. The number of halogens is 4. The first kappa shape index (κ1) is 16.3. The van der Waals surface area contributed by atoms with Crippen molar-refractivity contribution in [3.63, 3.8) is 0 Å². The number of alkyl halides is 3. The molecule has 0 aromatic heterocycles. The Hall–Kier alpha value is -1.04. The van der Waals surface area contributed by atoms with Crippen molar-refractivity contribution < 1.29 is 18.0 Å². The maximum absolute atomic E-state index is 12.6. The van der Waals surface area contributed by atoms with Crippen molar-refractivity contribution in [1.82, 2.24) is 0 Å². The third-order valence-electron chi connectivity index (χ3n) is 3.94. The molecule has 1 fully saturated rings. The van der Waals surface area contributed by atoms with Crippen LogP contribution in [0.4, 0.5) is 18.9 Å². The van der Waals surface area contributed by atoms with Crippen molar-refractivity contribution in [2.24, 2.45) is 11.8 Å². The van der Waals surface area contributed by atoms with Gasteiger partial charge in [-0.15, -0.1) is 0 Å². The molecule has 1 saturated carbocycles. The normalized spacial score (nSPS) is 22.9. The number of carbonyl (C=O) groups is 1. The van der Waals surface area contributed by atoms with Gasteiger partial charge in [-0.3, -0.25) is 4.79 Å². The zero-order chi connectivity index (χ0) is 15.6. The molecule has 1 amide bonds. The Balaban J connectivity index is 1.93. The lowest BCUT2D eigenvalue weighted by atomic mass is 9.81. The lowest BCUT2D eigenvalue weighted by molar-refractivity contribution is -0.184. The van der Waals surface area contributed by atoms with Crippen LogP contribution < -0.4 is 5.32 Å². The number of nitrogens with one attached hydrogen (secondary N) is 1. The number of aryl methyl sites for hydroxylation is 1. The Morgan fingerprint density at radius 2 is 1.86 bits per heavy atom. The maximum atomic E-state index is 12.6. The number of anilines is 1. The van der Waals surface area contributed by atoms with Crippen LogP contribution in [0.1, 0.15) is 31.2 Å². The van der Waals surface area contributed by atoms with Crippen LogP contribution in [-0.4, -0.2) is 12.1 Å². The third kappa shape index (κ3) is 4.22. The Morgan fingerprint density at radius 3 is 2.38 bits per heavy atom. The fourth-order valence-electron chi connectivity index (χ4n) is 2.64. The van der Waals surface area contributed by atoms with Crippen molar-refractivity contribution in [3.8, 4) is 0 Å². The average Bonchev–Trinajstić information content (AvgIpc) is 2.41. The first-order valence-electron chi connectivity index (χ1n) is 6.91. The van der Waals surface area contributed by atoms with Gasteiger partial charge in [0.1, 0.15) is 0 Å². The predicted octanol–water partition coefficient (Wildman–Crippen LogP) is 5.06. The third-order valence-corrected chi connectivity index (χ3v) is 4.60. The molecular weight excluding hydrogens is 347 g/mol. The SMILES string of the molecule is Cc1ccc(NC(=O)C2CCC(C(F)(F)F)CC2)c(Br)c1. The predicted molar refractivity (Wildman–Crippen MR) is 79.0 cm³/mol. The highest BCUT2D eigenvalue weighted by Crippen LogP contribution is 2.39. The van der Waals surface area contributed by atoms with Crippen molar-refractivity contribution in [1.29, 1.82) is 0 Å². The highest BCUT2D eigenvalue weighted by Gasteiger charge is 2.42. The highest BCUT2D eigenvalue weighted by atomic mass is 79.9. The first-order chi connectivity index (χ1) is 9.77. The van der Waals surface area contributed by atoms with Gasteiger partial charge in [0.25, 0.3) is 0 Å². The van der Waals surface area contributed by atoms with Gasteiger partial charge in [0.2, 0.25) is 5.91 Å². The van der Waals surface area contributed by atoms with Crippen molar-refractivity contribution in [3.05, 3.63) is 28.2 Å². The van der Waals surface area contributed by atoms with Gasteiger partial charge in [-0.05, 0) is 66.2 Å². The number of hydrogen-bond acceptors (Lipinski definition) is 1. The molecule has 21 heavy (non-hydrogen) atoms. The maximum Gasteiger partial charge on any atom is 0.391 e. The van der Waals surface area contributed by atoms with Gasteiger partial charge in [0.15, 0.2) is 0 Å². The minimum absolute atomic E-state index is 0.0383. The molecule has 0 spiro atoms. The summed E-state index contributed by atoms with van der Waals surface area (Å²) in [4.78, 5) is 12.1. The Morgan fingerprint density at radius 1 is 1.24 bits per heavy atom. The largest absolute Gasteiger partial charge is 0.391 e. The molecule has 2 nitrogen and oxygen atoms in total. The summed E-state index contributed by atoms with van der Waals surface area (Å²) in [5, 5.41) is 2.79. The van der Waals surface area contributed by atoms with Gasteiger partial charge >= 0.3 is 6.18 Å². The number of amides is 1. The second-order valence-electron chi connectivity index (χ2n) is 5.56. The van der Waals surface area contributed by atoms with E-state index in [9.17, 15) is 18.0 Å². The molecule has 0 aliphatic heterocycles. The molecule has 0 atom stereocenters. The van der Waals surface area contributed by atoms with E-state index in [0.717, 1.165) is 10.0 Å². The molecule has 1 aliphatic carbocycles. The minimum atomic E-state index is -4.14. The number of benzene rings is 1. The Bertz CT molecular complexity index is 522. The fraction of sp³-hybridized carbons (Fsp3) is 0.533. The van der Waals surface area contributed by atoms with E-state index in [1.807, 2.05) is 19.1 Å². The summed E-state index contributed by atoms with van der Waals surface area (Å²) in [7, 11) is 0. The molecule has 0 radical (unpaired) electrons. The van der Waals surface area contributed by atoms with E-state index in [1.54, 1.807) is 6.07 Å². The number of rotatable bonds is 2. The van der Waals surface area contributed by atoms with Gasteiger partial charge in [-0.2, -0.15) is 13.2 Å². The van der Waals surface area contributed by atoms with Crippen LogP contribution in [0.25, 0.3) is 0 Å². The van der Waals surface area contributed by atoms with Crippen molar-refractivity contribution >= 4 is 27.5 Å². The molecule has 1 aliphatic rings. The average molecular weight is 364 g/mol.